The summed E-state index contributed by atoms with van der Waals surface area (Å²) in [4.78, 5) is 0. The minimum Gasteiger partial charge on any atom is -0.486 e. The van der Waals surface area contributed by atoms with Gasteiger partial charge in [0.15, 0.2) is 11.5 Å². The van der Waals surface area contributed by atoms with Gasteiger partial charge in [0.05, 0.1) is 6.20 Å². The van der Waals surface area contributed by atoms with Crippen molar-refractivity contribution in [2.75, 3.05) is 18.5 Å². The molecule has 2 heterocycles. The Morgan fingerprint density at radius 2 is 2.11 bits per heavy atom. The van der Waals surface area contributed by atoms with E-state index in [9.17, 15) is 0 Å². The zero-order valence-corrected chi connectivity index (χ0v) is 10.2. The van der Waals surface area contributed by atoms with E-state index in [-0.39, 0.29) is 0 Å². The highest BCUT2D eigenvalue weighted by Gasteiger charge is 2.11. The second-order valence-corrected chi connectivity index (χ2v) is 4.23. The number of rotatable bonds is 3. The van der Waals surface area contributed by atoms with Crippen LogP contribution in [0.1, 0.15) is 11.3 Å². The molecule has 1 aromatic heterocycles. The van der Waals surface area contributed by atoms with Crippen molar-refractivity contribution in [2.24, 2.45) is 0 Å². The quantitative estimate of drug-likeness (QED) is 0.869. The standard InChI is InChI=1S/C13H15N3O2/c1-9-10(8-15-16-9)7-14-11-2-3-12-13(6-11)18-5-4-17-12/h2-3,6,8,14H,4-5,7H2,1H3,(H,15,16). The summed E-state index contributed by atoms with van der Waals surface area (Å²) in [6.45, 7) is 3.97. The zero-order chi connectivity index (χ0) is 12.4. The van der Waals surface area contributed by atoms with Crippen LogP contribution >= 0.6 is 0 Å². The highest BCUT2D eigenvalue weighted by molar-refractivity contribution is 5.55. The summed E-state index contributed by atoms with van der Waals surface area (Å²) in [7, 11) is 0. The van der Waals surface area contributed by atoms with Crippen molar-refractivity contribution in [3.8, 4) is 11.5 Å². The van der Waals surface area contributed by atoms with Gasteiger partial charge in [-0.1, -0.05) is 0 Å². The first kappa shape index (κ1) is 11.0. The smallest absolute Gasteiger partial charge is 0.163 e. The molecule has 5 heteroatoms. The summed E-state index contributed by atoms with van der Waals surface area (Å²) >= 11 is 0. The van der Waals surface area contributed by atoms with Crippen LogP contribution in [0.5, 0.6) is 11.5 Å². The van der Waals surface area contributed by atoms with Crippen LogP contribution < -0.4 is 14.8 Å². The number of hydrogen-bond donors (Lipinski definition) is 2. The summed E-state index contributed by atoms with van der Waals surface area (Å²) < 4.78 is 11.0. The Morgan fingerprint density at radius 3 is 2.89 bits per heavy atom. The first-order valence-electron chi connectivity index (χ1n) is 5.95. The first-order chi connectivity index (χ1) is 8.83. The Hall–Kier alpha value is -2.17. The van der Waals surface area contributed by atoms with Gasteiger partial charge in [-0.2, -0.15) is 5.10 Å². The molecule has 0 amide bonds. The lowest BCUT2D eigenvalue weighted by atomic mass is 10.2. The van der Waals surface area contributed by atoms with Crippen LogP contribution in [0, 0.1) is 6.92 Å². The second-order valence-electron chi connectivity index (χ2n) is 4.23. The number of fused-ring (bicyclic) bond motifs is 1. The number of aryl methyl sites for hydroxylation is 1. The van der Waals surface area contributed by atoms with E-state index in [1.54, 1.807) is 0 Å². The molecule has 0 fully saturated rings. The monoisotopic (exact) mass is 245 g/mol. The Labute approximate surface area is 105 Å². The van der Waals surface area contributed by atoms with Gasteiger partial charge in [-0.15, -0.1) is 0 Å². The van der Waals surface area contributed by atoms with Gasteiger partial charge in [0.2, 0.25) is 0 Å². The molecule has 0 saturated carbocycles. The summed E-state index contributed by atoms with van der Waals surface area (Å²) in [6.07, 6.45) is 1.83. The molecule has 2 N–H and O–H groups in total. The van der Waals surface area contributed by atoms with Crippen molar-refractivity contribution in [1.82, 2.24) is 10.2 Å². The largest absolute Gasteiger partial charge is 0.486 e. The lowest BCUT2D eigenvalue weighted by Gasteiger charge is -2.19. The van der Waals surface area contributed by atoms with E-state index in [1.807, 2.05) is 31.3 Å². The molecule has 18 heavy (non-hydrogen) atoms. The van der Waals surface area contributed by atoms with Gasteiger partial charge < -0.3 is 14.8 Å². The summed E-state index contributed by atoms with van der Waals surface area (Å²) in [5.41, 5.74) is 3.25. The van der Waals surface area contributed by atoms with E-state index >= 15 is 0 Å². The number of anilines is 1. The fourth-order valence-electron chi connectivity index (χ4n) is 1.90. The number of ether oxygens (including phenoxy) is 2. The van der Waals surface area contributed by atoms with E-state index < -0.39 is 0 Å². The van der Waals surface area contributed by atoms with Crippen LogP contribution in [0.25, 0.3) is 0 Å². The number of benzene rings is 1. The van der Waals surface area contributed by atoms with Crippen molar-refractivity contribution < 1.29 is 9.47 Å². The molecule has 0 saturated heterocycles. The molecule has 0 unspecified atom stereocenters. The zero-order valence-electron chi connectivity index (χ0n) is 10.2. The van der Waals surface area contributed by atoms with Gasteiger partial charge in [0.1, 0.15) is 13.2 Å². The molecule has 1 aliphatic rings. The van der Waals surface area contributed by atoms with Gasteiger partial charge in [-0.25, -0.2) is 0 Å². The molecule has 1 aliphatic heterocycles. The molecule has 5 nitrogen and oxygen atoms in total. The molecule has 0 spiro atoms. The highest BCUT2D eigenvalue weighted by Crippen LogP contribution is 2.32. The number of nitrogens with one attached hydrogen (secondary N) is 2. The maximum Gasteiger partial charge on any atom is 0.163 e. The lowest BCUT2D eigenvalue weighted by molar-refractivity contribution is 0.171. The third-order valence-corrected chi connectivity index (χ3v) is 2.96. The number of hydrogen-bond acceptors (Lipinski definition) is 4. The third kappa shape index (κ3) is 2.11. The van der Waals surface area contributed by atoms with Gasteiger partial charge in [-0.05, 0) is 19.1 Å². The molecular formula is C13H15N3O2. The molecule has 3 rings (SSSR count). The maximum atomic E-state index is 5.54. The first-order valence-corrected chi connectivity index (χ1v) is 5.95. The predicted octanol–water partition coefficient (Wildman–Crippen LogP) is 2.10. The molecule has 0 bridgehead atoms. The van der Waals surface area contributed by atoms with Crippen molar-refractivity contribution in [3.63, 3.8) is 0 Å². The summed E-state index contributed by atoms with van der Waals surface area (Å²) in [5.74, 6) is 1.61. The van der Waals surface area contributed by atoms with E-state index in [0.29, 0.717) is 13.2 Å². The van der Waals surface area contributed by atoms with Crippen molar-refractivity contribution in [3.05, 3.63) is 35.7 Å². The second kappa shape index (κ2) is 4.60. The van der Waals surface area contributed by atoms with Gasteiger partial charge in [-0.3, -0.25) is 5.10 Å². The number of aromatic amines is 1. The molecule has 1 aromatic carbocycles. The van der Waals surface area contributed by atoms with Gasteiger partial charge in [0, 0.05) is 29.6 Å². The van der Waals surface area contributed by atoms with Crippen LogP contribution in [0.3, 0.4) is 0 Å². The van der Waals surface area contributed by atoms with Crippen LogP contribution in [0.4, 0.5) is 5.69 Å². The normalized spacial score (nSPS) is 13.4. The van der Waals surface area contributed by atoms with Crippen LogP contribution in [-0.4, -0.2) is 23.4 Å². The van der Waals surface area contributed by atoms with E-state index in [4.69, 9.17) is 9.47 Å². The van der Waals surface area contributed by atoms with Gasteiger partial charge >= 0.3 is 0 Å². The van der Waals surface area contributed by atoms with Gasteiger partial charge in [0.25, 0.3) is 0 Å². The lowest BCUT2D eigenvalue weighted by Crippen LogP contribution is -2.15. The average Bonchev–Trinajstić information content (AvgIpc) is 2.82. The maximum absolute atomic E-state index is 5.54. The minimum absolute atomic E-state index is 0.608. The molecule has 0 aliphatic carbocycles. The molecular weight excluding hydrogens is 230 g/mol. The Balaban J connectivity index is 1.71. The van der Waals surface area contributed by atoms with Crippen LogP contribution in [0.15, 0.2) is 24.4 Å². The molecule has 0 radical (unpaired) electrons. The fraction of sp³-hybridized carbons (Fsp3) is 0.308. The Morgan fingerprint density at radius 1 is 1.28 bits per heavy atom. The van der Waals surface area contributed by atoms with Crippen LogP contribution in [0.2, 0.25) is 0 Å². The predicted molar refractivity (Wildman–Crippen MR) is 68.1 cm³/mol. The van der Waals surface area contributed by atoms with E-state index in [2.05, 4.69) is 15.5 Å². The van der Waals surface area contributed by atoms with Crippen LogP contribution in [-0.2, 0) is 6.54 Å². The fourth-order valence-corrected chi connectivity index (χ4v) is 1.90. The van der Waals surface area contributed by atoms with Crippen molar-refractivity contribution in [1.29, 1.82) is 0 Å². The van der Waals surface area contributed by atoms with E-state index in [0.717, 1.165) is 35.0 Å². The average molecular weight is 245 g/mol. The Kier molecular flexibility index (Phi) is 2.80. The highest BCUT2D eigenvalue weighted by atomic mass is 16.6. The minimum atomic E-state index is 0.608. The molecule has 0 atom stereocenters. The molecule has 94 valence electrons. The third-order valence-electron chi connectivity index (χ3n) is 2.96. The SMILES string of the molecule is Cc1[nH]ncc1CNc1ccc2c(c1)OCCO2. The topological polar surface area (TPSA) is 59.2 Å². The summed E-state index contributed by atoms with van der Waals surface area (Å²) in [5, 5.41) is 10.3. The molecule has 2 aromatic rings. The number of nitrogens with zero attached hydrogens (tertiary/aromatic N) is 1. The van der Waals surface area contributed by atoms with Crippen molar-refractivity contribution >= 4 is 5.69 Å². The van der Waals surface area contributed by atoms with Crippen molar-refractivity contribution in [2.45, 2.75) is 13.5 Å². The Bertz CT molecular complexity index is 551. The number of H-pyrrole nitrogens is 1. The number of aromatic nitrogens is 2. The van der Waals surface area contributed by atoms with E-state index in [1.165, 1.54) is 0 Å². The summed E-state index contributed by atoms with van der Waals surface area (Å²) in [6, 6.07) is 5.88.